The third kappa shape index (κ3) is 4.51. The molecule has 4 nitrogen and oxygen atoms in total. The molecule has 2 aromatic heterocycles. The van der Waals surface area contributed by atoms with Gasteiger partial charge < -0.3 is 4.57 Å². The first-order valence-corrected chi connectivity index (χ1v) is 13.5. The van der Waals surface area contributed by atoms with E-state index in [2.05, 4.69) is 104 Å². The zero-order valence-electron chi connectivity index (χ0n) is 23.3. The number of nitriles is 1. The minimum atomic E-state index is 0.376. The van der Waals surface area contributed by atoms with E-state index in [0.717, 1.165) is 39.2 Å². The van der Waals surface area contributed by atoms with E-state index in [1.807, 2.05) is 43.5 Å². The number of para-hydroxylation sites is 1. The van der Waals surface area contributed by atoms with Crippen LogP contribution >= 0.6 is 0 Å². The molecule has 4 heteroatoms. The summed E-state index contributed by atoms with van der Waals surface area (Å²) in [5.74, 6) is 1.65. The number of hydrogen-bond acceptors (Lipinski definition) is 2. The summed E-state index contributed by atoms with van der Waals surface area (Å²) in [6.07, 6.45) is 9.99. The zero-order chi connectivity index (χ0) is 27.7. The van der Waals surface area contributed by atoms with Gasteiger partial charge in [-0.2, -0.15) is 5.26 Å². The van der Waals surface area contributed by atoms with Crippen molar-refractivity contribution < 1.29 is 0 Å². The summed E-state index contributed by atoms with van der Waals surface area (Å²) in [5.41, 5.74) is 9.53. The minimum absolute atomic E-state index is 0.376. The van der Waals surface area contributed by atoms with E-state index in [4.69, 9.17) is 4.98 Å². The van der Waals surface area contributed by atoms with Crippen LogP contribution in [-0.2, 0) is 0 Å². The molecule has 5 rings (SSSR count). The first-order valence-electron chi connectivity index (χ1n) is 13.5. The van der Waals surface area contributed by atoms with E-state index >= 15 is 0 Å². The highest BCUT2D eigenvalue weighted by Gasteiger charge is 2.20. The van der Waals surface area contributed by atoms with Crippen molar-refractivity contribution in [2.24, 2.45) is 0 Å². The van der Waals surface area contributed by atoms with Crippen LogP contribution in [0.3, 0.4) is 0 Å². The van der Waals surface area contributed by atoms with Gasteiger partial charge in [-0.25, -0.2) is 4.98 Å². The standard InChI is InChI=1S/C35H34N4/c1-7-11-30-31-17-16-25(22-36)20-33(31)39(32(30)8-2)27-13-9-12-26(21-27)35-37-18-19-38(35)34-28(23(3)4)14-10-15-29(34)24(5)6/h7-21,23-24H,2H2,1,3-6H3/b11-7-. The summed E-state index contributed by atoms with van der Waals surface area (Å²) in [4.78, 5) is 4.84. The number of hydrogen-bond donors (Lipinski definition) is 0. The average Bonchev–Trinajstić information content (AvgIpc) is 3.55. The van der Waals surface area contributed by atoms with Gasteiger partial charge in [0.25, 0.3) is 0 Å². The van der Waals surface area contributed by atoms with Crippen LogP contribution in [0, 0.1) is 11.3 Å². The fourth-order valence-corrected chi connectivity index (χ4v) is 5.49. The molecule has 0 bridgehead atoms. The molecule has 0 saturated carbocycles. The third-order valence-corrected chi connectivity index (χ3v) is 7.29. The van der Waals surface area contributed by atoms with Gasteiger partial charge in [-0.1, -0.05) is 82.8 Å². The van der Waals surface area contributed by atoms with Crippen molar-refractivity contribution in [3.63, 3.8) is 0 Å². The SMILES string of the molecule is C=Cc1c(/C=C\C)c2ccc(C#N)cc2n1-c1cccc(-c2nccn2-c2c(C(C)C)cccc2C(C)C)c1. The first kappa shape index (κ1) is 26.0. The number of benzene rings is 3. The molecule has 194 valence electrons. The van der Waals surface area contributed by atoms with Crippen LogP contribution in [0.15, 0.2) is 85.7 Å². The predicted octanol–water partition coefficient (Wildman–Crippen LogP) is 9.28. The first-order chi connectivity index (χ1) is 18.9. The average molecular weight is 511 g/mol. The van der Waals surface area contributed by atoms with Gasteiger partial charge in [0.05, 0.1) is 28.5 Å². The van der Waals surface area contributed by atoms with Gasteiger partial charge in [-0.05, 0) is 60.2 Å². The van der Waals surface area contributed by atoms with Crippen LogP contribution in [0.5, 0.6) is 0 Å². The molecule has 5 aromatic rings. The number of nitrogens with zero attached hydrogens (tertiary/aromatic N) is 4. The van der Waals surface area contributed by atoms with Crippen LogP contribution in [0.4, 0.5) is 0 Å². The van der Waals surface area contributed by atoms with E-state index in [-0.39, 0.29) is 0 Å². The fraction of sp³-hybridized carbons (Fsp3) is 0.200. The maximum Gasteiger partial charge on any atom is 0.144 e. The molecule has 0 aliphatic rings. The summed E-state index contributed by atoms with van der Waals surface area (Å²) in [6, 6.07) is 23.2. The highest BCUT2D eigenvalue weighted by atomic mass is 15.1. The number of aromatic nitrogens is 3. The molecule has 0 spiro atoms. The third-order valence-electron chi connectivity index (χ3n) is 7.29. The largest absolute Gasteiger partial charge is 0.309 e. The van der Waals surface area contributed by atoms with Gasteiger partial charge in [-0.15, -0.1) is 0 Å². The maximum atomic E-state index is 9.62. The molecule has 0 unspecified atom stereocenters. The van der Waals surface area contributed by atoms with E-state index in [9.17, 15) is 5.26 Å². The van der Waals surface area contributed by atoms with Crippen LogP contribution in [-0.4, -0.2) is 14.1 Å². The lowest BCUT2D eigenvalue weighted by molar-refractivity contribution is 0.806. The molecule has 0 fully saturated rings. The summed E-state index contributed by atoms with van der Waals surface area (Å²) >= 11 is 0. The van der Waals surface area contributed by atoms with Crippen LogP contribution in [0.1, 0.15) is 74.4 Å². The minimum Gasteiger partial charge on any atom is -0.309 e. The van der Waals surface area contributed by atoms with Crippen LogP contribution in [0.2, 0.25) is 0 Å². The van der Waals surface area contributed by atoms with Crippen molar-refractivity contribution in [3.05, 3.63) is 114 Å². The number of allylic oxidation sites excluding steroid dienone is 1. The van der Waals surface area contributed by atoms with Crippen LogP contribution in [0.25, 0.3) is 45.8 Å². The van der Waals surface area contributed by atoms with E-state index in [0.29, 0.717) is 17.4 Å². The van der Waals surface area contributed by atoms with E-state index in [1.54, 1.807) is 0 Å². The van der Waals surface area contributed by atoms with Crippen molar-refractivity contribution in [3.8, 4) is 28.8 Å². The van der Waals surface area contributed by atoms with Crippen molar-refractivity contribution in [2.75, 3.05) is 0 Å². The molecule has 0 N–H and O–H groups in total. The molecular weight excluding hydrogens is 476 g/mol. The molecule has 0 radical (unpaired) electrons. The quantitative estimate of drug-likeness (QED) is 0.219. The van der Waals surface area contributed by atoms with Gasteiger partial charge in [0, 0.05) is 34.6 Å². The molecule has 3 aromatic carbocycles. The Morgan fingerprint density at radius 2 is 1.67 bits per heavy atom. The van der Waals surface area contributed by atoms with Crippen molar-refractivity contribution in [1.29, 1.82) is 5.26 Å². The second kappa shape index (κ2) is 10.6. The molecule has 0 aliphatic heterocycles. The molecule has 0 atom stereocenters. The zero-order valence-corrected chi connectivity index (χ0v) is 23.3. The Kier molecular flexibility index (Phi) is 7.09. The lowest BCUT2D eigenvalue weighted by atomic mass is 9.92. The van der Waals surface area contributed by atoms with Gasteiger partial charge in [-0.3, -0.25) is 4.57 Å². The second-order valence-electron chi connectivity index (χ2n) is 10.4. The van der Waals surface area contributed by atoms with E-state index < -0.39 is 0 Å². The number of imidazole rings is 1. The molecular formula is C35H34N4. The monoisotopic (exact) mass is 510 g/mol. The lowest BCUT2D eigenvalue weighted by Gasteiger charge is -2.22. The Morgan fingerprint density at radius 3 is 2.31 bits per heavy atom. The highest BCUT2D eigenvalue weighted by Crippen LogP contribution is 2.36. The van der Waals surface area contributed by atoms with E-state index in [1.165, 1.54) is 16.8 Å². The van der Waals surface area contributed by atoms with Crippen LogP contribution < -0.4 is 0 Å². The number of rotatable bonds is 7. The van der Waals surface area contributed by atoms with Crippen molar-refractivity contribution >= 4 is 23.1 Å². The van der Waals surface area contributed by atoms with Gasteiger partial charge in [0.15, 0.2) is 0 Å². The molecule has 2 heterocycles. The summed E-state index contributed by atoms with van der Waals surface area (Å²) in [7, 11) is 0. The van der Waals surface area contributed by atoms with Gasteiger partial charge >= 0.3 is 0 Å². The predicted molar refractivity (Wildman–Crippen MR) is 164 cm³/mol. The maximum absolute atomic E-state index is 9.62. The summed E-state index contributed by atoms with van der Waals surface area (Å²) < 4.78 is 4.43. The fourth-order valence-electron chi connectivity index (χ4n) is 5.49. The molecule has 0 aliphatic carbocycles. The Morgan fingerprint density at radius 1 is 0.949 bits per heavy atom. The van der Waals surface area contributed by atoms with Crippen molar-refractivity contribution in [1.82, 2.24) is 14.1 Å². The Balaban J connectivity index is 1.75. The van der Waals surface area contributed by atoms with Gasteiger partial charge in [0.1, 0.15) is 5.82 Å². The Labute approximate surface area is 231 Å². The molecule has 39 heavy (non-hydrogen) atoms. The Bertz CT molecular complexity index is 1730. The topological polar surface area (TPSA) is 46.5 Å². The lowest BCUT2D eigenvalue weighted by Crippen LogP contribution is -2.08. The Hall–Kier alpha value is -4.62. The second-order valence-corrected chi connectivity index (χ2v) is 10.4. The molecule has 0 amide bonds. The highest BCUT2D eigenvalue weighted by molar-refractivity contribution is 5.96. The summed E-state index contributed by atoms with van der Waals surface area (Å²) in [6.45, 7) is 15.1. The van der Waals surface area contributed by atoms with Gasteiger partial charge in [0.2, 0.25) is 0 Å². The number of fused-ring (bicyclic) bond motifs is 1. The smallest absolute Gasteiger partial charge is 0.144 e. The normalized spacial score (nSPS) is 11.6. The van der Waals surface area contributed by atoms with Crippen molar-refractivity contribution in [2.45, 2.75) is 46.5 Å². The molecule has 0 saturated heterocycles. The summed E-state index contributed by atoms with van der Waals surface area (Å²) in [5, 5.41) is 10.7.